The van der Waals surface area contributed by atoms with Crippen LogP contribution in [0.1, 0.15) is 11.3 Å². The molecule has 0 aliphatic heterocycles. The van der Waals surface area contributed by atoms with Gasteiger partial charge in [-0.25, -0.2) is 0 Å². The zero-order valence-electron chi connectivity index (χ0n) is 8.65. The summed E-state index contributed by atoms with van der Waals surface area (Å²) < 4.78 is 0. The van der Waals surface area contributed by atoms with Gasteiger partial charge in [0.2, 0.25) is 0 Å². The van der Waals surface area contributed by atoms with Crippen molar-refractivity contribution in [3.05, 3.63) is 58.9 Å². The Labute approximate surface area is 99.4 Å². The second kappa shape index (κ2) is 3.76. The van der Waals surface area contributed by atoms with Crippen molar-refractivity contribution >= 4 is 17.7 Å². The van der Waals surface area contributed by atoms with Crippen molar-refractivity contribution in [3.63, 3.8) is 0 Å². The molecule has 0 spiro atoms. The molecule has 0 fully saturated rings. The van der Waals surface area contributed by atoms with Gasteiger partial charge in [0.25, 0.3) is 0 Å². The first-order valence-electron chi connectivity index (χ1n) is 5.24. The fourth-order valence-corrected chi connectivity index (χ4v) is 2.05. The standard InChI is InChI=1S/C14H10ClN/c15-13-6-4-10(5-7-13)12-8-11-2-1-3-14(11)16-9-12/h1-2,4-9H,3H2. The van der Waals surface area contributed by atoms with E-state index in [0.29, 0.717) is 0 Å². The Balaban J connectivity index is 2.07. The maximum atomic E-state index is 5.87. The van der Waals surface area contributed by atoms with Crippen molar-refractivity contribution in [3.8, 4) is 11.1 Å². The summed E-state index contributed by atoms with van der Waals surface area (Å²) in [4.78, 5) is 4.46. The zero-order chi connectivity index (χ0) is 11.0. The number of pyridine rings is 1. The molecule has 1 aromatic carbocycles. The second-order valence-corrected chi connectivity index (χ2v) is 4.31. The van der Waals surface area contributed by atoms with Crippen LogP contribution < -0.4 is 0 Å². The van der Waals surface area contributed by atoms with E-state index in [1.165, 1.54) is 5.56 Å². The van der Waals surface area contributed by atoms with Crippen LogP contribution in [0.5, 0.6) is 0 Å². The van der Waals surface area contributed by atoms with Gasteiger partial charge < -0.3 is 0 Å². The van der Waals surface area contributed by atoms with Gasteiger partial charge in [-0.05, 0) is 29.3 Å². The first-order valence-corrected chi connectivity index (χ1v) is 5.62. The molecule has 2 aromatic rings. The van der Waals surface area contributed by atoms with Crippen LogP contribution in [0.3, 0.4) is 0 Å². The predicted octanol–water partition coefficient (Wildman–Crippen LogP) is 3.97. The molecule has 3 rings (SSSR count). The summed E-state index contributed by atoms with van der Waals surface area (Å²) >= 11 is 5.87. The molecule has 1 heterocycles. The minimum Gasteiger partial charge on any atom is -0.260 e. The van der Waals surface area contributed by atoms with Crippen LogP contribution in [0, 0.1) is 0 Å². The fourth-order valence-electron chi connectivity index (χ4n) is 1.92. The number of aromatic nitrogens is 1. The summed E-state index contributed by atoms with van der Waals surface area (Å²) in [7, 11) is 0. The number of allylic oxidation sites excluding steroid dienone is 1. The third kappa shape index (κ3) is 1.63. The summed E-state index contributed by atoms with van der Waals surface area (Å²) in [5.74, 6) is 0. The predicted molar refractivity (Wildman–Crippen MR) is 67.4 cm³/mol. The van der Waals surface area contributed by atoms with Gasteiger partial charge in [0.1, 0.15) is 0 Å². The molecule has 1 aliphatic carbocycles. The van der Waals surface area contributed by atoms with E-state index in [4.69, 9.17) is 11.6 Å². The lowest BCUT2D eigenvalue weighted by molar-refractivity contribution is 1.13. The van der Waals surface area contributed by atoms with E-state index in [-0.39, 0.29) is 0 Å². The summed E-state index contributed by atoms with van der Waals surface area (Å²) in [6.45, 7) is 0. The molecule has 1 aliphatic rings. The highest BCUT2D eigenvalue weighted by atomic mass is 35.5. The van der Waals surface area contributed by atoms with Gasteiger partial charge in [-0.1, -0.05) is 35.9 Å². The highest BCUT2D eigenvalue weighted by molar-refractivity contribution is 6.30. The minimum atomic E-state index is 0.762. The fraction of sp³-hybridized carbons (Fsp3) is 0.0714. The maximum Gasteiger partial charge on any atom is 0.0513 e. The largest absolute Gasteiger partial charge is 0.260 e. The van der Waals surface area contributed by atoms with Crippen LogP contribution in [0.15, 0.2) is 42.6 Å². The van der Waals surface area contributed by atoms with Crippen molar-refractivity contribution in [2.75, 3.05) is 0 Å². The Morgan fingerprint density at radius 2 is 1.88 bits per heavy atom. The lowest BCUT2D eigenvalue weighted by Gasteiger charge is -2.04. The number of halogens is 1. The van der Waals surface area contributed by atoms with Crippen molar-refractivity contribution in [1.82, 2.24) is 4.98 Å². The first-order chi connectivity index (χ1) is 7.83. The lowest BCUT2D eigenvalue weighted by Crippen LogP contribution is -1.88. The molecule has 0 saturated heterocycles. The molecule has 78 valence electrons. The van der Waals surface area contributed by atoms with Crippen LogP contribution in [0.2, 0.25) is 5.02 Å². The molecule has 0 saturated carbocycles. The van der Waals surface area contributed by atoms with E-state index in [1.807, 2.05) is 30.5 Å². The minimum absolute atomic E-state index is 0.762. The van der Waals surface area contributed by atoms with E-state index in [9.17, 15) is 0 Å². The Hall–Kier alpha value is -1.60. The van der Waals surface area contributed by atoms with Crippen molar-refractivity contribution in [2.24, 2.45) is 0 Å². The van der Waals surface area contributed by atoms with Crippen LogP contribution >= 0.6 is 11.6 Å². The number of nitrogens with zero attached hydrogens (tertiary/aromatic N) is 1. The number of fused-ring (bicyclic) bond motifs is 1. The summed E-state index contributed by atoms with van der Waals surface area (Å²) in [5.41, 5.74) is 4.69. The third-order valence-corrected chi connectivity index (χ3v) is 3.04. The van der Waals surface area contributed by atoms with Gasteiger partial charge in [0.15, 0.2) is 0 Å². The molecule has 0 radical (unpaired) electrons. The highest BCUT2D eigenvalue weighted by Gasteiger charge is 2.07. The highest BCUT2D eigenvalue weighted by Crippen LogP contribution is 2.25. The Morgan fingerprint density at radius 3 is 2.69 bits per heavy atom. The summed E-state index contributed by atoms with van der Waals surface area (Å²) in [5, 5.41) is 0.762. The zero-order valence-corrected chi connectivity index (χ0v) is 9.41. The summed E-state index contributed by atoms with van der Waals surface area (Å²) in [6.07, 6.45) is 7.15. The average Bonchev–Trinajstić information content (AvgIpc) is 2.77. The van der Waals surface area contributed by atoms with Gasteiger partial charge in [0.05, 0.1) is 5.69 Å². The van der Waals surface area contributed by atoms with Crippen LogP contribution in [0.4, 0.5) is 0 Å². The van der Waals surface area contributed by atoms with Crippen molar-refractivity contribution in [1.29, 1.82) is 0 Å². The van der Waals surface area contributed by atoms with Gasteiger partial charge in [-0.15, -0.1) is 0 Å². The number of rotatable bonds is 1. The van der Waals surface area contributed by atoms with E-state index >= 15 is 0 Å². The quantitative estimate of drug-likeness (QED) is 0.718. The van der Waals surface area contributed by atoms with Crippen LogP contribution in [-0.2, 0) is 6.42 Å². The van der Waals surface area contributed by atoms with E-state index in [2.05, 4.69) is 23.2 Å². The Bertz CT molecular complexity index is 555. The molecule has 16 heavy (non-hydrogen) atoms. The third-order valence-electron chi connectivity index (χ3n) is 2.79. The topological polar surface area (TPSA) is 12.9 Å². The number of hydrogen-bond acceptors (Lipinski definition) is 1. The monoisotopic (exact) mass is 227 g/mol. The average molecular weight is 228 g/mol. The SMILES string of the molecule is Clc1ccc(-c2cnc3c(c2)C=CC3)cc1. The van der Waals surface area contributed by atoms with E-state index in [1.54, 1.807) is 0 Å². The van der Waals surface area contributed by atoms with Gasteiger partial charge in [0, 0.05) is 23.2 Å². The molecular weight excluding hydrogens is 218 g/mol. The molecule has 0 unspecified atom stereocenters. The second-order valence-electron chi connectivity index (χ2n) is 3.87. The molecule has 0 N–H and O–H groups in total. The summed E-state index contributed by atoms with van der Waals surface area (Å²) in [6, 6.07) is 10.0. The Kier molecular flexibility index (Phi) is 2.26. The molecule has 0 amide bonds. The molecule has 0 bridgehead atoms. The lowest BCUT2D eigenvalue weighted by atomic mass is 10.1. The molecular formula is C14H10ClN. The smallest absolute Gasteiger partial charge is 0.0513 e. The Morgan fingerprint density at radius 1 is 1.06 bits per heavy atom. The molecule has 0 atom stereocenters. The van der Waals surface area contributed by atoms with Gasteiger partial charge in [-0.2, -0.15) is 0 Å². The maximum absolute atomic E-state index is 5.87. The molecule has 1 aromatic heterocycles. The first kappa shape index (κ1) is 9.61. The normalized spacial score (nSPS) is 12.8. The van der Waals surface area contributed by atoms with Gasteiger partial charge in [-0.3, -0.25) is 4.98 Å². The number of hydrogen-bond donors (Lipinski definition) is 0. The van der Waals surface area contributed by atoms with Crippen LogP contribution in [-0.4, -0.2) is 4.98 Å². The molecule has 1 nitrogen and oxygen atoms in total. The van der Waals surface area contributed by atoms with Gasteiger partial charge >= 0.3 is 0 Å². The van der Waals surface area contributed by atoms with E-state index < -0.39 is 0 Å². The van der Waals surface area contributed by atoms with Crippen molar-refractivity contribution < 1.29 is 0 Å². The van der Waals surface area contributed by atoms with Crippen LogP contribution in [0.25, 0.3) is 17.2 Å². The number of benzene rings is 1. The molecule has 2 heteroatoms. The van der Waals surface area contributed by atoms with E-state index in [0.717, 1.165) is 28.3 Å². The van der Waals surface area contributed by atoms with Crippen molar-refractivity contribution in [2.45, 2.75) is 6.42 Å².